The lowest BCUT2D eigenvalue weighted by molar-refractivity contribution is -0.409. The van der Waals surface area contributed by atoms with Gasteiger partial charge in [0.2, 0.25) is 5.91 Å². The number of rotatable bonds is 13. The summed E-state index contributed by atoms with van der Waals surface area (Å²) < 4.78 is 15.7. The van der Waals surface area contributed by atoms with Crippen LogP contribution in [-0.2, 0) is 38.3 Å². The quantitative estimate of drug-likeness (QED) is 0.0478. The van der Waals surface area contributed by atoms with Crippen LogP contribution < -0.4 is 11.1 Å². The second kappa shape index (κ2) is 18.3. The van der Waals surface area contributed by atoms with Crippen molar-refractivity contribution in [2.75, 3.05) is 12.9 Å². The minimum Gasteiger partial charge on any atom is -0.465 e. The third kappa shape index (κ3) is 15.8. The van der Waals surface area contributed by atoms with Crippen LogP contribution >= 0.6 is 39.8 Å². The molecule has 1 aliphatic heterocycles. The first-order chi connectivity index (χ1) is 16.0. The lowest BCUT2D eigenvalue weighted by Crippen LogP contribution is -2.65. The van der Waals surface area contributed by atoms with Crippen molar-refractivity contribution in [1.29, 1.82) is 0 Å². The third-order valence-electron chi connectivity index (χ3n) is 4.10. The van der Waals surface area contributed by atoms with Gasteiger partial charge in [-0.05, 0) is 30.6 Å². The molecule has 0 bridgehead atoms. The second-order valence-corrected chi connectivity index (χ2v) is 13.2. The molecule has 1 aliphatic rings. The summed E-state index contributed by atoms with van der Waals surface area (Å²) in [6.07, 6.45) is 3.19. The van der Waals surface area contributed by atoms with E-state index >= 15 is 0 Å². The standard InChI is InChI=1S/C16H27N2O10PS3.C2H6/c1-26-15(21)11(17)6-7-12(19)18-14(31-29(23,24)25)16(22)28-27-13(20)5-3-2-4-10-8-9-30-32-10;1-2/h10-11,14H,2-9,17H2,1H3,(H,18,19)(H2,23,24,25);1-2H3/p+1/t10?,11?,14-;/m0./s1. The Morgan fingerprint density at radius 3 is 2.38 bits per heavy atom. The molecule has 0 saturated carbocycles. The van der Waals surface area contributed by atoms with Crippen LogP contribution in [0.5, 0.6) is 0 Å². The number of esters is 1. The molecule has 0 aromatic carbocycles. The second-order valence-electron chi connectivity index (χ2n) is 6.73. The number of ether oxygens (including phenoxy) is 1. The molecule has 1 amide bonds. The first-order valence-electron chi connectivity index (χ1n) is 10.7. The molecule has 6 N–H and O–H groups in total. The maximum Gasteiger partial charge on any atom is 0.388 e. The average Bonchev–Trinajstić information content (AvgIpc) is 3.31. The van der Waals surface area contributed by atoms with Crippen LogP contribution in [0.4, 0.5) is 0 Å². The van der Waals surface area contributed by atoms with Gasteiger partial charge in [-0.25, -0.2) is 28.7 Å². The van der Waals surface area contributed by atoms with Gasteiger partial charge in [-0.15, -0.1) is 0 Å². The highest BCUT2D eigenvalue weighted by atomic mass is 33.1. The van der Waals surface area contributed by atoms with E-state index in [9.17, 15) is 23.7 Å². The lowest BCUT2D eigenvalue weighted by atomic mass is 10.1. The van der Waals surface area contributed by atoms with Crippen LogP contribution in [0, 0.1) is 0 Å². The van der Waals surface area contributed by atoms with Gasteiger partial charge in [-0.3, -0.25) is 4.79 Å². The zero-order valence-electron chi connectivity index (χ0n) is 19.4. The number of hydrogen-bond donors (Lipinski definition) is 4. The molecule has 1 rings (SSSR count). The van der Waals surface area contributed by atoms with Gasteiger partial charge in [0.05, 0.1) is 13.5 Å². The fraction of sp³-hybridized carbons (Fsp3) is 0.778. The number of hydrogen-bond acceptors (Lipinski definition) is 11. The Balaban J connectivity index is 0.00000529. The van der Waals surface area contributed by atoms with Crippen molar-refractivity contribution in [3.63, 3.8) is 0 Å². The van der Waals surface area contributed by atoms with Crippen molar-refractivity contribution >= 4 is 63.6 Å². The fourth-order valence-corrected chi connectivity index (χ4v) is 7.30. The molecule has 2 unspecified atom stereocenters. The average molecular weight is 566 g/mol. The number of amides is 1. The minimum absolute atomic E-state index is 0.0128. The predicted molar refractivity (Wildman–Crippen MR) is 130 cm³/mol. The number of nitrogens with one attached hydrogen (secondary N) is 1. The van der Waals surface area contributed by atoms with Gasteiger partial charge < -0.3 is 25.6 Å². The molecule has 198 valence electrons. The van der Waals surface area contributed by atoms with Gasteiger partial charge in [-0.1, -0.05) is 41.9 Å². The fourth-order valence-electron chi connectivity index (χ4n) is 2.45. The highest BCUT2D eigenvalue weighted by Crippen LogP contribution is 2.52. The maximum atomic E-state index is 12.1. The van der Waals surface area contributed by atoms with Gasteiger partial charge in [-0.2, -0.15) is 0 Å². The van der Waals surface area contributed by atoms with E-state index < -0.39 is 42.0 Å². The SMILES string of the molecule is CC.COC(=O)C([NH3+])CCC(=O)N[C@@H](SP(=O)(O)O)C(=O)OOC(=O)CCCCC1CCSS1. The van der Waals surface area contributed by atoms with Gasteiger partial charge >= 0.3 is 24.7 Å². The van der Waals surface area contributed by atoms with E-state index in [1.54, 1.807) is 0 Å². The van der Waals surface area contributed by atoms with Gasteiger partial charge in [0.25, 0.3) is 0 Å². The molecular formula is C18H34N2O10PS3+. The molecule has 0 radical (unpaired) electrons. The maximum absolute atomic E-state index is 12.1. The number of quaternary nitrogens is 1. The summed E-state index contributed by atoms with van der Waals surface area (Å²) in [6.45, 7) is -0.800. The molecule has 0 aromatic heterocycles. The summed E-state index contributed by atoms with van der Waals surface area (Å²) in [5, 5.41) is 0.828. The largest absolute Gasteiger partial charge is 0.465 e. The molecule has 3 atom stereocenters. The molecule has 34 heavy (non-hydrogen) atoms. The zero-order valence-corrected chi connectivity index (χ0v) is 22.8. The van der Waals surface area contributed by atoms with Gasteiger partial charge in [0.15, 0.2) is 11.4 Å². The summed E-state index contributed by atoms with van der Waals surface area (Å²) in [5.41, 5.74) is 3.52. The van der Waals surface area contributed by atoms with Crippen molar-refractivity contribution in [2.45, 2.75) is 75.5 Å². The van der Waals surface area contributed by atoms with E-state index in [1.165, 1.54) is 7.11 Å². The molecule has 16 heteroatoms. The minimum atomic E-state index is -4.80. The van der Waals surface area contributed by atoms with E-state index in [0.717, 1.165) is 25.0 Å². The predicted octanol–water partition coefficient (Wildman–Crippen LogP) is 1.56. The van der Waals surface area contributed by atoms with E-state index in [4.69, 9.17) is 9.79 Å². The Hall–Kier alpha value is -0.960. The van der Waals surface area contributed by atoms with Gasteiger partial charge in [0.1, 0.15) is 0 Å². The van der Waals surface area contributed by atoms with Crippen molar-refractivity contribution in [2.24, 2.45) is 0 Å². The molecule has 0 aromatic rings. The van der Waals surface area contributed by atoms with Crippen molar-refractivity contribution < 1.29 is 53.8 Å². The Bertz CT molecular complexity index is 703. The summed E-state index contributed by atoms with van der Waals surface area (Å²) in [6, 6.07) is -0.836. The van der Waals surface area contributed by atoms with E-state index in [2.05, 4.69) is 25.6 Å². The summed E-state index contributed by atoms with van der Waals surface area (Å²) in [5.74, 6) is -2.47. The van der Waals surface area contributed by atoms with Crippen LogP contribution in [0.2, 0.25) is 0 Å². The number of unbranched alkanes of at least 4 members (excludes halogenated alkanes) is 1. The van der Waals surface area contributed by atoms with E-state index in [0.29, 0.717) is 11.7 Å². The van der Waals surface area contributed by atoms with Crippen molar-refractivity contribution in [3.8, 4) is 0 Å². The molecule has 12 nitrogen and oxygen atoms in total. The molecule has 1 fully saturated rings. The zero-order chi connectivity index (χ0) is 26.1. The van der Waals surface area contributed by atoms with Crippen LogP contribution in [0.15, 0.2) is 0 Å². The Kier molecular flexibility index (Phi) is 17.8. The Morgan fingerprint density at radius 1 is 1.15 bits per heavy atom. The number of carbonyl (C=O) groups excluding carboxylic acids is 4. The first-order valence-corrected chi connectivity index (χ1v) is 16.1. The molecular weight excluding hydrogens is 531 g/mol. The summed E-state index contributed by atoms with van der Waals surface area (Å²) in [4.78, 5) is 74.1. The molecule has 0 spiro atoms. The Morgan fingerprint density at radius 2 is 1.82 bits per heavy atom. The topological polar surface area (TPSA) is 193 Å². The summed E-state index contributed by atoms with van der Waals surface area (Å²) >= 11 is -0.172. The monoisotopic (exact) mass is 565 g/mol. The lowest BCUT2D eigenvalue weighted by Gasteiger charge is -2.16. The van der Waals surface area contributed by atoms with Crippen molar-refractivity contribution in [3.05, 3.63) is 0 Å². The highest BCUT2D eigenvalue weighted by Gasteiger charge is 2.33. The normalized spacial score (nSPS) is 16.9. The van der Waals surface area contributed by atoms with Crippen LogP contribution in [0.25, 0.3) is 0 Å². The van der Waals surface area contributed by atoms with Gasteiger partial charge in [0, 0.05) is 23.8 Å². The van der Waals surface area contributed by atoms with E-state index in [1.807, 2.05) is 35.4 Å². The Labute approximate surface area is 210 Å². The van der Waals surface area contributed by atoms with Crippen LogP contribution in [-0.4, -0.2) is 63.1 Å². The van der Waals surface area contributed by atoms with Crippen LogP contribution in [0.1, 0.15) is 58.8 Å². The third-order valence-corrected chi connectivity index (χ3v) is 9.36. The first kappa shape index (κ1) is 33.0. The number of carbonyl (C=O) groups is 4. The summed E-state index contributed by atoms with van der Waals surface area (Å²) in [7, 11) is 4.84. The molecule has 1 saturated heterocycles. The molecule has 1 heterocycles. The van der Waals surface area contributed by atoms with Crippen LogP contribution in [0.3, 0.4) is 0 Å². The molecule has 0 aliphatic carbocycles. The number of methoxy groups -OCH3 is 1. The highest BCUT2D eigenvalue weighted by molar-refractivity contribution is 8.77. The van der Waals surface area contributed by atoms with E-state index in [-0.39, 0.29) is 30.6 Å². The smallest absolute Gasteiger partial charge is 0.388 e. The van der Waals surface area contributed by atoms with Crippen molar-refractivity contribution in [1.82, 2.24) is 5.32 Å².